The van der Waals surface area contributed by atoms with Gasteiger partial charge in [0.15, 0.2) is 0 Å². The van der Waals surface area contributed by atoms with Crippen molar-refractivity contribution in [3.63, 3.8) is 0 Å². The van der Waals surface area contributed by atoms with Crippen LogP contribution in [0.15, 0.2) is 59.6 Å². The molecule has 1 unspecified atom stereocenters. The van der Waals surface area contributed by atoms with Crippen LogP contribution in [-0.4, -0.2) is 31.8 Å². The molecular formula is C18H20FN3O. The molecule has 23 heavy (non-hydrogen) atoms. The van der Waals surface area contributed by atoms with Crippen molar-refractivity contribution in [2.45, 2.75) is 13.0 Å². The average molecular weight is 313 g/mol. The number of para-hydroxylation sites is 1. The summed E-state index contributed by atoms with van der Waals surface area (Å²) in [6.07, 6.45) is 0. The summed E-state index contributed by atoms with van der Waals surface area (Å²) in [7, 11) is 0. The van der Waals surface area contributed by atoms with Crippen molar-refractivity contribution in [3.05, 3.63) is 60.4 Å². The number of anilines is 2. The number of hydrogen-bond donors (Lipinski definition) is 1. The van der Waals surface area contributed by atoms with Gasteiger partial charge in [0.2, 0.25) is 0 Å². The Hall–Kier alpha value is -2.56. The second kappa shape index (κ2) is 7.13. The fraction of sp³-hybridized carbons (Fsp3) is 0.278. The first-order chi connectivity index (χ1) is 11.2. The molecule has 2 aromatic rings. The van der Waals surface area contributed by atoms with Gasteiger partial charge in [0.05, 0.1) is 0 Å². The summed E-state index contributed by atoms with van der Waals surface area (Å²) < 4.78 is 18.7. The van der Waals surface area contributed by atoms with Crippen LogP contribution < -0.4 is 10.2 Å². The lowest BCUT2D eigenvalue weighted by Gasteiger charge is -2.24. The van der Waals surface area contributed by atoms with Gasteiger partial charge < -0.3 is 15.0 Å². The highest BCUT2D eigenvalue weighted by molar-refractivity contribution is 5.90. The number of ether oxygens (including phenoxy) is 1. The highest BCUT2D eigenvalue weighted by atomic mass is 19.1. The van der Waals surface area contributed by atoms with E-state index in [4.69, 9.17) is 4.74 Å². The number of likely N-dealkylation sites (N-methyl/N-ethyl adjacent to an activating group) is 1. The van der Waals surface area contributed by atoms with Crippen LogP contribution in [0.1, 0.15) is 6.92 Å². The summed E-state index contributed by atoms with van der Waals surface area (Å²) in [6, 6.07) is 17.0. The molecule has 5 heteroatoms. The minimum atomic E-state index is -0.221. The largest absolute Gasteiger partial charge is 0.463 e. The Labute approximate surface area is 135 Å². The van der Waals surface area contributed by atoms with Gasteiger partial charge >= 0.3 is 0 Å². The molecule has 0 spiro atoms. The highest BCUT2D eigenvalue weighted by Gasteiger charge is 2.21. The van der Waals surface area contributed by atoms with E-state index in [-0.39, 0.29) is 11.9 Å². The molecule has 120 valence electrons. The molecule has 1 N–H and O–H groups in total. The SMILES string of the molecule is CCN(CC1COC(Nc2ccccc2)=N1)c1ccc(F)cc1. The van der Waals surface area contributed by atoms with Gasteiger partial charge in [-0.3, -0.25) is 0 Å². The Balaban J connectivity index is 1.62. The molecule has 1 atom stereocenters. The molecule has 0 fully saturated rings. The third kappa shape index (κ3) is 4.00. The Kier molecular flexibility index (Phi) is 4.76. The normalized spacial score (nSPS) is 16.6. The number of rotatable bonds is 5. The zero-order valence-corrected chi connectivity index (χ0v) is 13.1. The molecule has 0 saturated carbocycles. The molecule has 4 nitrogen and oxygen atoms in total. The number of nitrogens with zero attached hydrogens (tertiary/aromatic N) is 2. The molecule has 3 rings (SSSR count). The first kappa shape index (κ1) is 15.3. The second-order valence-electron chi connectivity index (χ2n) is 5.41. The lowest BCUT2D eigenvalue weighted by molar-refractivity contribution is 0.316. The van der Waals surface area contributed by atoms with Crippen LogP contribution in [0, 0.1) is 5.82 Å². The molecule has 1 aliphatic rings. The molecule has 2 aromatic carbocycles. The van der Waals surface area contributed by atoms with Gasteiger partial charge in [-0.25, -0.2) is 9.38 Å². The lowest BCUT2D eigenvalue weighted by atomic mass is 10.2. The zero-order chi connectivity index (χ0) is 16.1. The molecule has 0 amide bonds. The van der Waals surface area contributed by atoms with E-state index in [9.17, 15) is 4.39 Å². The minimum absolute atomic E-state index is 0.0613. The van der Waals surface area contributed by atoms with Crippen molar-refractivity contribution in [1.29, 1.82) is 0 Å². The lowest BCUT2D eigenvalue weighted by Crippen LogP contribution is -2.32. The van der Waals surface area contributed by atoms with E-state index >= 15 is 0 Å². The molecule has 1 aliphatic heterocycles. The van der Waals surface area contributed by atoms with Crippen LogP contribution in [-0.2, 0) is 4.74 Å². The number of amidine groups is 1. The summed E-state index contributed by atoms with van der Waals surface area (Å²) in [5.41, 5.74) is 1.95. The Morgan fingerprint density at radius 2 is 1.91 bits per heavy atom. The minimum Gasteiger partial charge on any atom is -0.463 e. The predicted octanol–water partition coefficient (Wildman–Crippen LogP) is 3.52. The van der Waals surface area contributed by atoms with Gasteiger partial charge in [-0.2, -0.15) is 0 Å². The van der Waals surface area contributed by atoms with E-state index in [1.165, 1.54) is 12.1 Å². The van der Waals surface area contributed by atoms with E-state index in [1.54, 1.807) is 12.1 Å². The quantitative estimate of drug-likeness (QED) is 0.917. The van der Waals surface area contributed by atoms with Crippen molar-refractivity contribution in [2.75, 3.05) is 29.9 Å². The average Bonchev–Trinajstić information content (AvgIpc) is 3.01. The van der Waals surface area contributed by atoms with Crippen molar-refractivity contribution in [2.24, 2.45) is 4.99 Å². The Morgan fingerprint density at radius 1 is 1.17 bits per heavy atom. The number of halogens is 1. The van der Waals surface area contributed by atoms with Gasteiger partial charge in [-0.1, -0.05) is 18.2 Å². The van der Waals surface area contributed by atoms with Crippen molar-refractivity contribution >= 4 is 17.4 Å². The van der Waals surface area contributed by atoms with Crippen molar-refractivity contribution < 1.29 is 9.13 Å². The predicted molar refractivity (Wildman–Crippen MR) is 91.5 cm³/mol. The first-order valence-corrected chi connectivity index (χ1v) is 7.78. The van der Waals surface area contributed by atoms with E-state index in [0.717, 1.165) is 24.5 Å². The monoisotopic (exact) mass is 313 g/mol. The summed E-state index contributed by atoms with van der Waals surface area (Å²) >= 11 is 0. The van der Waals surface area contributed by atoms with Crippen molar-refractivity contribution in [1.82, 2.24) is 0 Å². The number of aliphatic imine (C=N–C) groups is 1. The molecular weight excluding hydrogens is 293 g/mol. The third-order valence-electron chi connectivity index (χ3n) is 3.74. The van der Waals surface area contributed by atoms with Crippen molar-refractivity contribution in [3.8, 4) is 0 Å². The summed E-state index contributed by atoms with van der Waals surface area (Å²) in [5.74, 6) is -0.221. The standard InChI is InChI=1S/C18H20FN3O/c1-2-22(17-10-8-14(19)9-11-17)12-16-13-23-18(21-16)20-15-6-4-3-5-7-15/h3-11,16H,2,12-13H2,1H3,(H,20,21). The van der Waals surface area contributed by atoms with Crippen LogP contribution in [0.4, 0.5) is 15.8 Å². The molecule has 1 heterocycles. The van der Waals surface area contributed by atoms with E-state index in [1.807, 2.05) is 30.3 Å². The maximum atomic E-state index is 13.0. The van der Waals surface area contributed by atoms with Gasteiger partial charge in [-0.05, 0) is 43.3 Å². The Bertz CT molecular complexity index is 658. The topological polar surface area (TPSA) is 36.9 Å². The molecule has 0 saturated heterocycles. The summed E-state index contributed by atoms with van der Waals surface area (Å²) in [5, 5.41) is 3.17. The van der Waals surface area contributed by atoms with Crippen LogP contribution in [0.5, 0.6) is 0 Å². The van der Waals surface area contributed by atoms with Gasteiger partial charge in [0, 0.05) is 24.5 Å². The van der Waals surface area contributed by atoms with Crippen LogP contribution in [0.25, 0.3) is 0 Å². The molecule has 0 aliphatic carbocycles. The smallest absolute Gasteiger partial charge is 0.289 e. The van der Waals surface area contributed by atoms with E-state index < -0.39 is 0 Å². The summed E-state index contributed by atoms with van der Waals surface area (Å²) in [4.78, 5) is 6.75. The number of hydrogen-bond acceptors (Lipinski definition) is 4. The second-order valence-corrected chi connectivity index (χ2v) is 5.41. The fourth-order valence-electron chi connectivity index (χ4n) is 2.55. The maximum Gasteiger partial charge on any atom is 0.289 e. The number of nitrogens with one attached hydrogen (secondary N) is 1. The number of benzene rings is 2. The van der Waals surface area contributed by atoms with Gasteiger partial charge in [0.25, 0.3) is 6.02 Å². The summed E-state index contributed by atoms with van der Waals surface area (Å²) in [6.45, 7) is 4.19. The molecule has 0 bridgehead atoms. The van der Waals surface area contributed by atoms with E-state index in [0.29, 0.717) is 12.6 Å². The first-order valence-electron chi connectivity index (χ1n) is 7.78. The van der Waals surface area contributed by atoms with Crippen LogP contribution >= 0.6 is 0 Å². The maximum absolute atomic E-state index is 13.0. The van der Waals surface area contributed by atoms with Gasteiger partial charge in [-0.15, -0.1) is 0 Å². The highest BCUT2D eigenvalue weighted by Crippen LogP contribution is 2.17. The fourth-order valence-corrected chi connectivity index (χ4v) is 2.55. The van der Waals surface area contributed by atoms with E-state index in [2.05, 4.69) is 22.1 Å². The Morgan fingerprint density at radius 3 is 2.61 bits per heavy atom. The van der Waals surface area contributed by atoms with Crippen LogP contribution in [0.3, 0.4) is 0 Å². The van der Waals surface area contributed by atoms with Gasteiger partial charge in [0.1, 0.15) is 18.5 Å². The zero-order valence-electron chi connectivity index (χ0n) is 13.1. The third-order valence-corrected chi connectivity index (χ3v) is 3.74. The van der Waals surface area contributed by atoms with Crippen LogP contribution in [0.2, 0.25) is 0 Å². The molecule has 0 aromatic heterocycles. The molecule has 0 radical (unpaired) electrons.